The maximum atomic E-state index is 11.9. The molecule has 0 saturated heterocycles. The lowest BCUT2D eigenvalue weighted by Gasteiger charge is -2.08. The lowest BCUT2D eigenvalue weighted by molar-refractivity contribution is 0.0903. The number of hydrogen-bond donors (Lipinski definition) is 1. The molecule has 0 saturated carbocycles. The van der Waals surface area contributed by atoms with E-state index in [0.29, 0.717) is 12.2 Å². The number of nitrogens with zero attached hydrogens (tertiary/aromatic N) is 1. The van der Waals surface area contributed by atoms with E-state index in [2.05, 4.69) is 5.32 Å². The molecule has 0 unspecified atom stereocenters. The molecule has 1 aromatic heterocycles. The molecule has 2 rings (SSSR count). The summed E-state index contributed by atoms with van der Waals surface area (Å²) in [6, 6.07) is 9.59. The minimum absolute atomic E-state index is 0.107. The van der Waals surface area contributed by atoms with Crippen LogP contribution in [0.1, 0.15) is 23.8 Å². The molecule has 1 heterocycles. The second-order valence-corrected chi connectivity index (χ2v) is 3.82. The fourth-order valence-electron chi connectivity index (χ4n) is 1.81. The van der Waals surface area contributed by atoms with Crippen LogP contribution in [0.2, 0.25) is 0 Å². The molecule has 0 fully saturated rings. The molecule has 0 aliphatic carbocycles. The second kappa shape index (κ2) is 4.91. The molecule has 1 amide bonds. The molecular weight excluding hydrogens is 216 g/mol. The van der Waals surface area contributed by atoms with Gasteiger partial charge < -0.3 is 10.2 Å². The Balaban J connectivity index is 2.42. The molecular formula is C13H16N2O2. The van der Waals surface area contributed by atoms with Gasteiger partial charge in [-0.05, 0) is 18.6 Å². The van der Waals surface area contributed by atoms with Crippen molar-refractivity contribution in [3.05, 3.63) is 36.0 Å². The van der Waals surface area contributed by atoms with E-state index < -0.39 is 0 Å². The van der Waals surface area contributed by atoms with Crippen LogP contribution >= 0.6 is 0 Å². The highest BCUT2D eigenvalue weighted by Crippen LogP contribution is 2.18. The van der Waals surface area contributed by atoms with Gasteiger partial charge in [0.05, 0.1) is 5.52 Å². The zero-order valence-electron chi connectivity index (χ0n) is 10.1. The molecule has 90 valence electrons. The number of amides is 1. The quantitative estimate of drug-likeness (QED) is 0.874. The second-order valence-electron chi connectivity index (χ2n) is 3.82. The lowest BCUT2D eigenvalue weighted by atomic mass is 10.2. The first-order chi connectivity index (χ1) is 8.27. The number of carbonyl (C=O) groups is 1. The van der Waals surface area contributed by atoms with Crippen molar-refractivity contribution in [2.45, 2.75) is 13.3 Å². The van der Waals surface area contributed by atoms with Gasteiger partial charge in [-0.3, -0.25) is 4.79 Å². The molecule has 1 N–H and O–H groups in total. The first-order valence-corrected chi connectivity index (χ1v) is 5.71. The van der Waals surface area contributed by atoms with Gasteiger partial charge in [0.25, 0.3) is 5.91 Å². The summed E-state index contributed by atoms with van der Waals surface area (Å²) in [6.07, 6.45) is 0.916. The Labute approximate surface area is 100 Å². The molecule has 0 spiro atoms. The van der Waals surface area contributed by atoms with E-state index >= 15 is 0 Å². The lowest BCUT2D eigenvalue weighted by Crippen LogP contribution is -2.27. The summed E-state index contributed by atoms with van der Waals surface area (Å²) < 4.78 is 1.56. The van der Waals surface area contributed by atoms with Crippen molar-refractivity contribution >= 4 is 16.8 Å². The molecule has 0 aliphatic rings. The maximum Gasteiger partial charge on any atom is 0.271 e. The van der Waals surface area contributed by atoms with Crippen molar-refractivity contribution in [3.8, 4) is 0 Å². The predicted octanol–water partition coefficient (Wildman–Crippen LogP) is 1.84. The highest BCUT2D eigenvalue weighted by Gasteiger charge is 2.15. The van der Waals surface area contributed by atoms with E-state index in [1.54, 1.807) is 11.8 Å². The Kier molecular flexibility index (Phi) is 3.32. The molecule has 2 aromatic rings. The third-order valence-corrected chi connectivity index (χ3v) is 2.62. The van der Waals surface area contributed by atoms with E-state index in [1.165, 1.54) is 0 Å². The van der Waals surface area contributed by atoms with Gasteiger partial charge in [0.2, 0.25) is 0 Å². The first-order valence-electron chi connectivity index (χ1n) is 5.71. The number of aromatic nitrogens is 1. The van der Waals surface area contributed by atoms with Gasteiger partial charge in [-0.1, -0.05) is 25.1 Å². The number of hydrogen-bond acceptors (Lipinski definition) is 2. The Hall–Kier alpha value is -1.97. The molecule has 0 atom stereocenters. The molecule has 0 bridgehead atoms. The number of fused-ring (bicyclic) bond motifs is 1. The van der Waals surface area contributed by atoms with Gasteiger partial charge in [0.15, 0.2) is 0 Å². The number of para-hydroxylation sites is 1. The molecule has 4 heteroatoms. The number of nitrogens with one attached hydrogen (secondary N) is 1. The van der Waals surface area contributed by atoms with Crippen LogP contribution in [0, 0.1) is 0 Å². The summed E-state index contributed by atoms with van der Waals surface area (Å²) in [7, 11) is 1.56. The van der Waals surface area contributed by atoms with Crippen molar-refractivity contribution < 1.29 is 9.63 Å². The van der Waals surface area contributed by atoms with Gasteiger partial charge in [-0.2, -0.15) is 4.73 Å². The Bertz CT molecular complexity index is 531. The third kappa shape index (κ3) is 2.11. The predicted molar refractivity (Wildman–Crippen MR) is 67.1 cm³/mol. The number of carbonyl (C=O) groups excluding carboxylic acids is 1. The smallest absolute Gasteiger partial charge is 0.271 e. The minimum Gasteiger partial charge on any atom is -0.416 e. The molecule has 17 heavy (non-hydrogen) atoms. The van der Waals surface area contributed by atoms with Crippen LogP contribution in [0.15, 0.2) is 30.3 Å². The van der Waals surface area contributed by atoms with Crippen LogP contribution in [-0.4, -0.2) is 24.3 Å². The Morgan fingerprint density at radius 2 is 2.18 bits per heavy atom. The van der Waals surface area contributed by atoms with E-state index in [4.69, 9.17) is 4.84 Å². The van der Waals surface area contributed by atoms with E-state index in [0.717, 1.165) is 17.3 Å². The minimum atomic E-state index is -0.107. The summed E-state index contributed by atoms with van der Waals surface area (Å²) in [6.45, 7) is 2.69. The van der Waals surface area contributed by atoms with Crippen LogP contribution in [0.25, 0.3) is 10.9 Å². The standard InChI is InChI=1S/C13H16N2O2/c1-3-8-14-13(16)12-9-10-6-4-5-7-11(10)15(12)17-2/h4-7,9H,3,8H2,1-2H3,(H,14,16). The maximum absolute atomic E-state index is 11.9. The Morgan fingerprint density at radius 3 is 2.88 bits per heavy atom. The van der Waals surface area contributed by atoms with Crippen LogP contribution in [0.5, 0.6) is 0 Å². The van der Waals surface area contributed by atoms with Crippen molar-refractivity contribution in [3.63, 3.8) is 0 Å². The van der Waals surface area contributed by atoms with Crippen LogP contribution in [-0.2, 0) is 0 Å². The van der Waals surface area contributed by atoms with Crippen molar-refractivity contribution in [2.75, 3.05) is 13.7 Å². The van der Waals surface area contributed by atoms with Crippen molar-refractivity contribution in [1.29, 1.82) is 0 Å². The van der Waals surface area contributed by atoms with Gasteiger partial charge in [-0.25, -0.2) is 0 Å². The fraction of sp³-hybridized carbons (Fsp3) is 0.308. The van der Waals surface area contributed by atoms with Crippen LogP contribution < -0.4 is 10.2 Å². The SMILES string of the molecule is CCCNC(=O)c1cc2ccccc2n1OC. The Morgan fingerprint density at radius 1 is 1.41 bits per heavy atom. The molecule has 4 nitrogen and oxygen atoms in total. The topological polar surface area (TPSA) is 43.3 Å². The van der Waals surface area contributed by atoms with E-state index in [9.17, 15) is 4.79 Å². The van der Waals surface area contributed by atoms with Crippen molar-refractivity contribution in [2.24, 2.45) is 0 Å². The average Bonchev–Trinajstić information content (AvgIpc) is 2.74. The molecule has 0 radical (unpaired) electrons. The van der Waals surface area contributed by atoms with Gasteiger partial charge in [0, 0.05) is 11.9 Å². The normalized spacial score (nSPS) is 10.5. The summed E-state index contributed by atoms with van der Waals surface area (Å²) in [5.41, 5.74) is 1.43. The third-order valence-electron chi connectivity index (χ3n) is 2.62. The number of rotatable bonds is 4. The number of benzene rings is 1. The van der Waals surface area contributed by atoms with Gasteiger partial charge >= 0.3 is 0 Å². The summed E-state index contributed by atoms with van der Waals surface area (Å²) >= 11 is 0. The first kappa shape index (κ1) is 11.5. The summed E-state index contributed by atoms with van der Waals surface area (Å²) in [5.74, 6) is -0.107. The highest BCUT2D eigenvalue weighted by molar-refractivity contribution is 5.98. The van der Waals surface area contributed by atoms with Gasteiger partial charge in [-0.15, -0.1) is 0 Å². The van der Waals surface area contributed by atoms with E-state index in [-0.39, 0.29) is 5.91 Å². The van der Waals surface area contributed by atoms with Crippen molar-refractivity contribution in [1.82, 2.24) is 10.0 Å². The van der Waals surface area contributed by atoms with Crippen LogP contribution in [0.3, 0.4) is 0 Å². The zero-order valence-corrected chi connectivity index (χ0v) is 10.1. The highest BCUT2D eigenvalue weighted by atomic mass is 16.6. The summed E-state index contributed by atoms with van der Waals surface area (Å²) in [4.78, 5) is 17.2. The molecule has 1 aromatic carbocycles. The van der Waals surface area contributed by atoms with Crippen LogP contribution in [0.4, 0.5) is 0 Å². The summed E-state index contributed by atoms with van der Waals surface area (Å²) in [5, 5.41) is 3.84. The molecule has 0 aliphatic heterocycles. The van der Waals surface area contributed by atoms with Gasteiger partial charge in [0.1, 0.15) is 12.8 Å². The average molecular weight is 232 g/mol. The largest absolute Gasteiger partial charge is 0.416 e. The monoisotopic (exact) mass is 232 g/mol. The fourth-order valence-corrected chi connectivity index (χ4v) is 1.81. The zero-order chi connectivity index (χ0) is 12.3. The van der Waals surface area contributed by atoms with E-state index in [1.807, 2.05) is 37.3 Å².